The second kappa shape index (κ2) is 7.36. The lowest BCUT2D eigenvalue weighted by Gasteiger charge is -2.21. The van der Waals surface area contributed by atoms with E-state index in [1.807, 2.05) is 31.5 Å². The number of sulfonamides is 1. The molecule has 0 atom stereocenters. The van der Waals surface area contributed by atoms with E-state index in [1.165, 1.54) is 4.31 Å². The summed E-state index contributed by atoms with van der Waals surface area (Å²) in [5.41, 5.74) is 0.925. The monoisotopic (exact) mass is 378 g/mol. The molecule has 0 bridgehead atoms. The number of aromatic nitrogens is 2. The Morgan fingerprint density at radius 3 is 2.65 bits per heavy atom. The molecule has 7 nitrogen and oxygen atoms in total. The maximum absolute atomic E-state index is 13.1. The van der Waals surface area contributed by atoms with Crippen LogP contribution in [0.15, 0.2) is 29.3 Å². The molecule has 2 heterocycles. The van der Waals surface area contributed by atoms with Crippen molar-refractivity contribution in [3.63, 3.8) is 0 Å². The quantitative estimate of drug-likeness (QED) is 0.818. The van der Waals surface area contributed by atoms with Crippen molar-refractivity contribution < 1.29 is 13.2 Å². The van der Waals surface area contributed by atoms with E-state index in [4.69, 9.17) is 0 Å². The third kappa shape index (κ3) is 3.48. The number of hydrogen-bond donors (Lipinski definition) is 0. The van der Waals surface area contributed by atoms with E-state index in [0.29, 0.717) is 39.0 Å². The summed E-state index contributed by atoms with van der Waals surface area (Å²) in [6.45, 7) is 7.72. The number of nitrogens with zero attached hydrogens (tertiary/aromatic N) is 4. The first kappa shape index (κ1) is 18.8. The fraction of sp³-hybridized carbons (Fsp3) is 0.556. The van der Waals surface area contributed by atoms with Gasteiger partial charge in [-0.15, -0.1) is 0 Å². The van der Waals surface area contributed by atoms with Gasteiger partial charge in [0, 0.05) is 44.0 Å². The third-order valence-corrected chi connectivity index (χ3v) is 6.70. The summed E-state index contributed by atoms with van der Waals surface area (Å²) in [5, 5.41) is 5.17. The summed E-state index contributed by atoms with van der Waals surface area (Å²) in [4.78, 5) is 13.9. The molecule has 1 aliphatic rings. The fourth-order valence-electron chi connectivity index (χ4n) is 3.36. The van der Waals surface area contributed by atoms with Crippen LogP contribution in [0.5, 0.6) is 0 Å². The molecule has 0 unspecified atom stereocenters. The topological polar surface area (TPSA) is 75.5 Å². The zero-order chi connectivity index (χ0) is 18.9. The van der Waals surface area contributed by atoms with E-state index < -0.39 is 10.0 Å². The molecular weight excluding hydrogens is 352 g/mol. The van der Waals surface area contributed by atoms with Crippen molar-refractivity contribution in [1.29, 1.82) is 0 Å². The Morgan fingerprint density at radius 2 is 1.96 bits per heavy atom. The second-order valence-electron chi connectivity index (χ2n) is 6.90. The van der Waals surface area contributed by atoms with Gasteiger partial charge in [0.25, 0.3) is 0 Å². The van der Waals surface area contributed by atoms with Gasteiger partial charge in [-0.1, -0.05) is 6.92 Å². The molecule has 1 saturated heterocycles. The lowest BCUT2D eigenvalue weighted by Crippen LogP contribution is -2.37. The van der Waals surface area contributed by atoms with Crippen molar-refractivity contribution >= 4 is 26.8 Å². The minimum Gasteiger partial charge on any atom is -0.341 e. The van der Waals surface area contributed by atoms with Crippen LogP contribution in [0, 0.1) is 0 Å². The number of rotatable bonds is 4. The van der Waals surface area contributed by atoms with Crippen LogP contribution in [0.1, 0.15) is 39.7 Å². The zero-order valence-corrected chi connectivity index (χ0v) is 16.4. The van der Waals surface area contributed by atoms with Gasteiger partial charge in [0.15, 0.2) is 0 Å². The minimum absolute atomic E-state index is 0.0757. The van der Waals surface area contributed by atoms with Gasteiger partial charge in [0.05, 0.1) is 16.6 Å². The van der Waals surface area contributed by atoms with Crippen LogP contribution in [0.25, 0.3) is 10.9 Å². The van der Waals surface area contributed by atoms with Crippen molar-refractivity contribution in [3.8, 4) is 0 Å². The first-order valence-electron chi connectivity index (χ1n) is 9.09. The normalized spacial score (nSPS) is 17.0. The first-order chi connectivity index (χ1) is 12.3. The van der Waals surface area contributed by atoms with Crippen molar-refractivity contribution in [2.45, 2.75) is 44.6 Å². The van der Waals surface area contributed by atoms with E-state index in [2.05, 4.69) is 5.10 Å². The Kier molecular flexibility index (Phi) is 5.34. The molecule has 0 aliphatic carbocycles. The lowest BCUT2D eigenvalue weighted by atomic mass is 10.2. The van der Waals surface area contributed by atoms with Gasteiger partial charge in [0.2, 0.25) is 15.9 Å². The fourth-order valence-corrected chi connectivity index (χ4v) is 4.86. The largest absolute Gasteiger partial charge is 0.341 e. The summed E-state index contributed by atoms with van der Waals surface area (Å²) in [6.07, 6.45) is 2.81. The molecule has 0 N–H and O–H groups in total. The lowest BCUT2D eigenvalue weighted by molar-refractivity contribution is -0.130. The average Bonchev–Trinajstić information content (AvgIpc) is 2.88. The standard InChI is InChI=1S/C18H26N4O3S/c1-4-18(23)20-8-5-9-21(11-10-20)26(24,25)16-6-7-17-15(12-16)13-19-22(17)14(2)3/h6-7,12-14H,4-5,8-11H2,1-3H3. The molecule has 3 rings (SSSR count). The van der Waals surface area contributed by atoms with Crippen LogP contribution in [0.3, 0.4) is 0 Å². The van der Waals surface area contributed by atoms with Crippen molar-refractivity contribution in [3.05, 3.63) is 24.4 Å². The minimum atomic E-state index is -3.59. The number of amides is 1. The van der Waals surface area contributed by atoms with E-state index in [0.717, 1.165) is 10.9 Å². The van der Waals surface area contributed by atoms with Crippen molar-refractivity contribution in [2.75, 3.05) is 26.2 Å². The molecule has 2 aromatic rings. The van der Waals surface area contributed by atoms with Gasteiger partial charge in [-0.05, 0) is 38.5 Å². The van der Waals surface area contributed by atoms with Crippen LogP contribution in [-0.4, -0.2) is 59.5 Å². The molecule has 142 valence electrons. The van der Waals surface area contributed by atoms with E-state index in [1.54, 1.807) is 23.2 Å². The Hall–Kier alpha value is -1.93. The molecule has 0 radical (unpaired) electrons. The number of benzene rings is 1. The maximum Gasteiger partial charge on any atom is 0.243 e. The maximum atomic E-state index is 13.1. The van der Waals surface area contributed by atoms with Gasteiger partial charge in [-0.25, -0.2) is 8.42 Å². The molecule has 1 aliphatic heterocycles. The highest BCUT2D eigenvalue weighted by Gasteiger charge is 2.28. The summed E-state index contributed by atoms with van der Waals surface area (Å²) in [7, 11) is -3.59. The smallest absolute Gasteiger partial charge is 0.243 e. The predicted molar refractivity (Wildman–Crippen MR) is 100 cm³/mol. The number of hydrogen-bond acceptors (Lipinski definition) is 4. The van der Waals surface area contributed by atoms with E-state index in [-0.39, 0.29) is 16.8 Å². The van der Waals surface area contributed by atoms with Gasteiger partial charge in [-0.2, -0.15) is 9.40 Å². The third-order valence-electron chi connectivity index (χ3n) is 4.80. The van der Waals surface area contributed by atoms with Gasteiger partial charge >= 0.3 is 0 Å². The Labute approximate surface area is 154 Å². The molecule has 1 fully saturated rings. The predicted octanol–water partition coefficient (Wildman–Crippen LogP) is 2.25. The molecule has 0 spiro atoms. The molecule has 26 heavy (non-hydrogen) atoms. The van der Waals surface area contributed by atoms with E-state index in [9.17, 15) is 13.2 Å². The molecule has 1 amide bonds. The van der Waals surface area contributed by atoms with Crippen LogP contribution in [-0.2, 0) is 14.8 Å². The van der Waals surface area contributed by atoms with Gasteiger partial charge in [0.1, 0.15) is 0 Å². The zero-order valence-electron chi connectivity index (χ0n) is 15.6. The molecular formula is C18H26N4O3S. The summed E-state index contributed by atoms with van der Waals surface area (Å²) >= 11 is 0. The SMILES string of the molecule is CCC(=O)N1CCCN(S(=O)(=O)c2ccc3c(cnn3C(C)C)c2)CC1. The van der Waals surface area contributed by atoms with Crippen LogP contribution >= 0.6 is 0 Å². The van der Waals surface area contributed by atoms with Crippen LogP contribution in [0.4, 0.5) is 0 Å². The highest BCUT2D eigenvalue weighted by atomic mass is 32.2. The highest BCUT2D eigenvalue weighted by molar-refractivity contribution is 7.89. The molecule has 1 aromatic carbocycles. The number of carbonyl (C=O) groups excluding carboxylic acids is 1. The summed E-state index contributed by atoms with van der Waals surface area (Å²) in [5.74, 6) is 0.0757. The van der Waals surface area contributed by atoms with Gasteiger partial charge in [-0.3, -0.25) is 9.48 Å². The molecule has 0 saturated carbocycles. The van der Waals surface area contributed by atoms with Gasteiger partial charge < -0.3 is 4.90 Å². The van der Waals surface area contributed by atoms with Crippen LogP contribution in [0.2, 0.25) is 0 Å². The highest BCUT2D eigenvalue weighted by Crippen LogP contribution is 2.24. The van der Waals surface area contributed by atoms with E-state index >= 15 is 0 Å². The van der Waals surface area contributed by atoms with Crippen molar-refractivity contribution in [1.82, 2.24) is 19.0 Å². The summed E-state index contributed by atoms with van der Waals surface area (Å²) in [6, 6.07) is 5.37. The Bertz CT molecular complexity index is 904. The number of carbonyl (C=O) groups is 1. The molecule has 1 aromatic heterocycles. The Morgan fingerprint density at radius 1 is 1.19 bits per heavy atom. The first-order valence-corrected chi connectivity index (χ1v) is 10.5. The van der Waals surface area contributed by atoms with Crippen LogP contribution < -0.4 is 0 Å². The number of fused-ring (bicyclic) bond motifs is 1. The second-order valence-corrected chi connectivity index (χ2v) is 8.83. The average molecular weight is 378 g/mol. The summed E-state index contributed by atoms with van der Waals surface area (Å²) < 4.78 is 29.5. The molecule has 8 heteroatoms. The Balaban J connectivity index is 1.86. The van der Waals surface area contributed by atoms with Crippen molar-refractivity contribution in [2.24, 2.45) is 0 Å².